The second-order valence-electron chi connectivity index (χ2n) is 5.64. The van der Waals surface area contributed by atoms with Crippen LogP contribution in [-0.4, -0.2) is 34.8 Å². The second kappa shape index (κ2) is 6.42. The number of hydrogen-bond donors (Lipinski definition) is 0. The van der Waals surface area contributed by atoms with E-state index in [9.17, 15) is 4.79 Å². The highest BCUT2D eigenvalue weighted by atomic mass is 79.9. The van der Waals surface area contributed by atoms with Crippen molar-refractivity contribution in [2.45, 2.75) is 0 Å². The fourth-order valence-electron chi connectivity index (χ4n) is 2.83. The van der Waals surface area contributed by atoms with E-state index >= 15 is 0 Å². The van der Waals surface area contributed by atoms with E-state index in [4.69, 9.17) is 9.47 Å². The van der Waals surface area contributed by atoms with E-state index in [1.54, 1.807) is 17.7 Å². The summed E-state index contributed by atoms with van der Waals surface area (Å²) in [6, 6.07) is 15.0. The Bertz CT molecular complexity index is 1140. The summed E-state index contributed by atoms with van der Waals surface area (Å²) in [5, 5.41) is 5.52. The number of rotatable bonds is 3. The molecule has 0 saturated heterocycles. The quantitative estimate of drug-likeness (QED) is 0.474. The van der Waals surface area contributed by atoms with Gasteiger partial charge in [0.25, 0.3) is 0 Å². The van der Waals surface area contributed by atoms with Gasteiger partial charge in [0.05, 0.1) is 25.4 Å². The molecular weight excluding hydrogens is 398 g/mol. The lowest BCUT2D eigenvalue weighted by Gasteiger charge is -2.08. The monoisotopic (exact) mass is 411 g/mol. The zero-order valence-electron chi connectivity index (χ0n) is 14.1. The maximum Gasteiger partial charge on any atom is 0.356 e. The number of hydrogen-bond acceptors (Lipinski definition) is 5. The highest BCUT2D eigenvalue weighted by Gasteiger charge is 2.17. The molecule has 2 heterocycles. The lowest BCUT2D eigenvalue weighted by atomic mass is 10.1. The lowest BCUT2D eigenvalue weighted by molar-refractivity contribution is 0.0594. The molecule has 0 N–H and O–H groups in total. The van der Waals surface area contributed by atoms with Gasteiger partial charge in [-0.1, -0.05) is 15.9 Å². The first-order chi connectivity index (χ1) is 12.6. The second-order valence-corrected chi connectivity index (χ2v) is 6.56. The van der Waals surface area contributed by atoms with E-state index in [0.717, 1.165) is 32.4 Å². The number of esters is 1. The van der Waals surface area contributed by atoms with Crippen LogP contribution in [0.2, 0.25) is 0 Å². The lowest BCUT2D eigenvalue weighted by Crippen LogP contribution is -2.07. The molecule has 4 aromatic rings. The topological polar surface area (TPSA) is 65.7 Å². The van der Waals surface area contributed by atoms with Crippen LogP contribution in [0, 0.1) is 0 Å². The average Bonchev–Trinajstić information content (AvgIpc) is 3.04. The molecule has 2 aromatic carbocycles. The number of carbonyl (C=O) groups excluding carboxylic acids is 1. The summed E-state index contributed by atoms with van der Waals surface area (Å²) in [7, 11) is 2.96. The predicted molar refractivity (Wildman–Crippen MR) is 102 cm³/mol. The Morgan fingerprint density at radius 3 is 2.54 bits per heavy atom. The van der Waals surface area contributed by atoms with Crippen LogP contribution in [0.5, 0.6) is 5.75 Å². The molecule has 0 saturated carbocycles. The van der Waals surface area contributed by atoms with Crippen molar-refractivity contribution in [1.29, 1.82) is 0 Å². The number of nitrogens with zero attached hydrogens (tertiary/aromatic N) is 3. The summed E-state index contributed by atoms with van der Waals surface area (Å²) >= 11 is 3.46. The molecule has 130 valence electrons. The maximum atomic E-state index is 12.1. The summed E-state index contributed by atoms with van der Waals surface area (Å²) in [5.41, 5.74) is 3.24. The SMILES string of the molecule is COC(=O)c1cc(-c2ccc(OC)cc2)n2nc3cc(Br)ccc3c2n1. The molecule has 2 aromatic heterocycles. The van der Waals surface area contributed by atoms with Crippen molar-refractivity contribution in [2.24, 2.45) is 0 Å². The fraction of sp³-hybridized carbons (Fsp3) is 0.105. The Balaban J connectivity index is 2.05. The van der Waals surface area contributed by atoms with Crippen molar-refractivity contribution in [2.75, 3.05) is 14.2 Å². The van der Waals surface area contributed by atoms with Crippen molar-refractivity contribution in [1.82, 2.24) is 14.6 Å². The molecule has 26 heavy (non-hydrogen) atoms. The molecule has 0 spiro atoms. The van der Waals surface area contributed by atoms with Gasteiger partial charge in [-0.2, -0.15) is 5.10 Å². The first-order valence-electron chi connectivity index (χ1n) is 7.82. The Morgan fingerprint density at radius 2 is 1.85 bits per heavy atom. The minimum absolute atomic E-state index is 0.232. The van der Waals surface area contributed by atoms with Crippen LogP contribution in [0.3, 0.4) is 0 Å². The third kappa shape index (κ3) is 2.70. The van der Waals surface area contributed by atoms with E-state index in [0.29, 0.717) is 5.65 Å². The number of ether oxygens (including phenoxy) is 2. The number of aromatic nitrogens is 3. The molecule has 0 amide bonds. The van der Waals surface area contributed by atoms with Crippen LogP contribution >= 0.6 is 15.9 Å². The van der Waals surface area contributed by atoms with E-state index in [-0.39, 0.29) is 5.69 Å². The van der Waals surface area contributed by atoms with E-state index in [2.05, 4.69) is 26.0 Å². The number of halogens is 1. The summed E-state index contributed by atoms with van der Waals surface area (Å²) in [6.07, 6.45) is 0. The van der Waals surface area contributed by atoms with Crippen molar-refractivity contribution >= 4 is 38.4 Å². The summed E-state index contributed by atoms with van der Waals surface area (Å²) in [5.74, 6) is 0.260. The molecule has 0 fully saturated rings. The molecule has 0 atom stereocenters. The fourth-order valence-corrected chi connectivity index (χ4v) is 3.18. The largest absolute Gasteiger partial charge is 0.497 e. The third-order valence-electron chi connectivity index (χ3n) is 4.12. The molecule has 0 aliphatic rings. The van der Waals surface area contributed by atoms with E-state index < -0.39 is 5.97 Å². The smallest absolute Gasteiger partial charge is 0.356 e. The van der Waals surface area contributed by atoms with Crippen molar-refractivity contribution < 1.29 is 14.3 Å². The van der Waals surface area contributed by atoms with Gasteiger partial charge in [-0.05, 0) is 48.5 Å². The normalized spacial score (nSPS) is 11.0. The van der Waals surface area contributed by atoms with E-state index in [1.807, 2.05) is 42.5 Å². The van der Waals surface area contributed by atoms with Gasteiger partial charge in [-0.3, -0.25) is 0 Å². The van der Waals surface area contributed by atoms with Crippen LogP contribution in [-0.2, 0) is 4.74 Å². The van der Waals surface area contributed by atoms with Crippen LogP contribution < -0.4 is 4.74 Å². The number of carbonyl (C=O) groups is 1. The standard InChI is InChI=1S/C19H14BrN3O3/c1-25-13-6-3-11(4-7-13)17-10-16(19(24)26-2)21-18-14-8-5-12(20)9-15(14)22-23(17)18/h3-10H,1-2H3. The summed E-state index contributed by atoms with van der Waals surface area (Å²) in [6.45, 7) is 0. The molecule has 0 aliphatic carbocycles. The van der Waals surface area contributed by atoms with Crippen molar-refractivity contribution in [3.8, 4) is 17.0 Å². The van der Waals surface area contributed by atoms with Crippen LogP contribution in [0.1, 0.15) is 10.5 Å². The molecule has 4 rings (SSSR count). The Labute approximate surface area is 157 Å². The summed E-state index contributed by atoms with van der Waals surface area (Å²) < 4.78 is 12.7. The van der Waals surface area contributed by atoms with Crippen LogP contribution in [0.25, 0.3) is 27.8 Å². The zero-order valence-corrected chi connectivity index (χ0v) is 15.6. The highest BCUT2D eigenvalue weighted by molar-refractivity contribution is 9.10. The predicted octanol–water partition coefficient (Wildman–Crippen LogP) is 4.11. The van der Waals surface area contributed by atoms with Gasteiger partial charge in [-0.25, -0.2) is 14.3 Å². The Hall–Kier alpha value is -2.93. The van der Waals surface area contributed by atoms with E-state index in [1.165, 1.54) is 7.11 Å². The zero-order chi connectivity index (χ0) is 18.3. The van der Waals surface area contributed by atoms with Gasteiger partial charge in [0.15, 0.2) is 11.3 Å². The van der Waals surface area contributed by atoms with Crippen LogP contribution in [0.4, 0.5) is 0 Å². The molecule has 0 aliphatic heterocycles. The first-order valence-corrected chi connectivity index (χ1v) is 8.62. The molecule has 6 nitrogen and oxygen atoms in total. The number of benzene rings is 2. The highest BCUT2D eigenvalue weighted by Crippen LogP contribution is 2.28. The molecule has 0 bridgehead atoms. The van der Waals surface area contributed by atoms with Gasteiger partial charge in [-0.15, -0.1) is 0 Å². The minimum atomic E-state index is -0.492. The van der Waals surface area contributed by atoms with Crippen molar-refractivity contribution in [3.05, 3.63) is 58.7 Å². The molecule has 0 radical (unpaired) electrons. The number of fused-ring (bicyclic) bond motifs is 3. The molecular formula is C19H14BrN3O3. The molecule has 0 unspecified atom stereocenters. The number of methoxy groups -OCH3 is 2. The van der Waals surface area contributed by atoms with Gasteiger partial charge >= 0.3 is 5.97 Å². The van der Waals surface area contributed by atoms with Crippen LogP contribution in [0.15, 0.2) is 53.0 Å². The van der Waals surface area contributed by atoms with Gasteiger partial charge in [0, 0.05) is 15.4 Å². The average molecular weight is 412 g/mol. The molecule has 7 heteroatoms. The minimum Gasteiger partial charge on any atom is -0.497 e. The van der Waals surface area contributed by atoms with Gasteiger partial charge in [0.1, 0.15) is 5.75 Å². The first kappa shape index (κ1) is 16.5. The summed E-state index contributed by atoms with van der Waals surface area (Å²) in [4.78, 5) is 16.6. The van der Waals surface area contributed by atoms with Crippen molar-refractivity contribution in [3.63, 3.8) is 0 Å². The maximum absolute atomic E-state index is 12.1. The van der Waals surface area contributed by atoms with Gasteiger partial charge < -0.3 is 9.47 Å². The van der Waals surface area contributed by atoms with Gasteiger partial charge in [0.2, 0.25) is 0 Å². The Kier molecular flexibility index (Phi) is 4.08. The third-order valence-corrected chi connectivity index (χ3v) is 4.61. The Morgan fingerprint density at radius 1 is 1.08 bits per heavy atom.